The first kappa shape index (κ1) is 17.3. The van der Waals surface area contributed by atoms with Gasteiger partial charge in [-0.2, -0.15) is 5.10 Å². The molecule has 1 fully saturated rings. The van der Waals surface area contributed by atoms with Crippen molar-refractivity contribution in [1.82, 2.24) is 20.0 Å². The zero-order valence-corrected chi connectivity index (χ0v) is 15.1. The van der Waals surface area contributed by atoms with E-state index < -0.39 is 6.04 Å². The molecule has 2 amide bonds. The van der Waals surface area contributed by atoms with Gasteiger partial charge in [-0.1, -0.05) is 0 Å². The van der Waals surface area contributed by atoms with E-state index in [1.807, 2.05) is 44.6 Å². The van der Waals surface area contributed by atoms with Crippen molar-refractivity contribution >= 4 is 11.8 Å². The maximum absolute atomic E-state index is 12.6. The highest BCUT2D eigenvalue weighted by atomic mass is 16.3. The van der Waals surface area contributed by atoms with Gasteiger partial charge in [0, 0.05) is 31.3 Å². The SMILES string of the molecule is Cc1ccc(CN2C(=O)CC[C@H]2C(=O)NCc2c(C)nn(C)c2C)o1. The van der Waals surface area contributed by atoms with E-state index >= 15 is 0 Å². The summed E-state index contributed by atoms with van der Waals surface area (Å²) in [4.78, 5) is 26.4. The second kappa shape index (κ2) is 6.74. The highest BCUT2D eigenvalue weighted by Crippen LogP contribution is 2.23. The number of amides is 2. The number of aromatic nitrogens is 2. The van der Waals surface area contributed by atoms with Crippen LogP contribution in [0.25, 0.3) is 0 Å². The van der Waals surface area contributed by atoms with Crippen molar-refractivity contribution in [2.75, 3.05) is 0 Å². The van der Waals surface area contributed by atoms with E-state index in [0.29, 0.717) is 31.7 Å². The van der Waals surface area contributed by atoms with Gasteiger partial charge in [0.15, 0.2) is 0 Å². The van der Waals surface area contributed by atoms with E-state index in [9.17, 15) is 9.59 Å². The van der Waals surface area contributed by atoms with Gasteiger partial charge in [0.2, 0.25) is 11.8 Å². The molecule has 0 unspecified atom stereocenters. The fraction of sp³-hybridized carbons (Fsp3) is 0.500. The summed E-state index contributed by atoms with van der Waals surface area (Å²) in [5.41, 5.74) is 2.96. The van der Waals surface area contributed by atoms with Crippen LogP contribution in [-0.2, 0) is 29.7 Å². The lowest BCUT2D eigenvalue weighted by atomic mass is 10.1. The molecule has 0 bridgehead atoms. The van der Waals surface area contributed by atoms with E-state index in [1.165, 1.54) is 0 Å². The van der Waals surface area contributed by atoms with Crippen molar-refractivity contribution in [2.45, 2.75) is 52.7 Å². The Morgan fingerprint density at radius 3 is 2.72 bits per heavy atom. The number of nitrogens with zero attached hydrogens (tertiary/aromatic N) is 3. The summed E-state index contributed by atoms with van der Waals surface area (Å²) >= 11 is 0. The van der Waals surface area contributed by atoms with Crippen molar-refractivity contribution in [2.24, 2.45) is 7.05 Å². The zero-order chi connectivity index (χ0) is 18.1. The fourth-order valence-corrected chi connectivity index (χ4v) is 3.31. The number of hydrogen-bond donors (Lipinski definition) is 1. The molecule has 0 radical (unpaired) electrons. The molecular weight excluding hydrogens is 320 g/mol. The molecule has 2 aromatic heterocycles. The number of aryl methyl sites for hydroxylation is 3. The molecule has 7 heteroatoms. The molecule has 0 aromatic carbocycles. The molecule has 134 valence electrons. The van der Waals surface area contributed by atoms with Gasteiger partial charge in [0.25, 0.3) is 0 Å². The third-order valence-corrected chi connectivity index (χ3v) is 4.85. The van der Waals surface area contributed by atoms with Crippen LogP contribution in [0.4, 0.5) is 0 Å². The lowest BCUT2D eigenvalue weighted by Gasteiger charge is -2.23. The first-order valence-corrected chi connectivity index (χ1v) is 8.48. The maximum Gasteiger partial charge on any atom is 0.243 e. The third kappa shape index (κ3) is 3.45. The molecule has 3 heterocycles. The molecular formula is C18H24N4O3. The average Bonchev–Trinajstić information content (AvgIpc) is 3.20. The number of carbonyl (C=O) groups excluding carboxylic acids is 2. The zero-order valence-electron chi connectivity index (χ0n) is 15.1. The Morgan fingerprint density at radius 2 is 2.12 bits per heavy atom. The van der Waals surface area contributed by atoms with Crippen molar-refractivity contribution in [1.29, 1.82) is 0 Å². The second-order valence-corrected chi connectivity index (χ2v) is 6.58. The largest absolute Gasteiger partial charge is 0.464 e. The number of rotatable bonds is 5. The summed E-state index contributed by atoms with van der Waals surface area (Å²) in [5.74, 6) is 1.36. The van der Waals surface area contributed by atoms with Crippen LogP contribution < -0.4 is 5.32 Å². The monoisotopic (exact) mass is 344 g/mol. The Hall–Kier alpha value is -2.57. The lowest BCUT2D eigenvalue weighted by Crippen LogP contribution is -2.44. The lowest BCUT2D eigenvalue weighted by molar-refractivity contribution is -0.136. The molecule has 0 spiro atoms. The minimum Gasteiger partial charge on any atom is -0.464 e. The van der Waals surface area contributed by atoms with Crippen molar-refractivity contribution in [3.8, 4) is 0 Å². The molecule has 1 aliphatic heterocycles. The number of likely N-dealkylation sites (tertiary alicyclic amines) is 1. The molecule has 25 heavy (non-hydrogen) atoms. The minimum absolute atomic E-state index is 0.0112. The molecule has 1 N–H and O–H groups in total. The van der Waals surface area contributed by atoms with Crippen LogP contribution in [-0.4, -0.2) is 32.5 Å². The molecule has 2 aromatic rings. The predicted octanol–water partition coefficient (Wildman–Crippen LogP) is 1.75. The summed E-state index contributed by atoms with van der Waals surface area (Å²) in [7, 11) is 1.89. The Labute approximate surface area is 147 Å². The van der Waals surface area contributed by atoms with E-state index in [4.69, 9.17) is 4.42 Å². The van der Waals surface area contributed by atoms with Gasteiger partial charge < -0.3 is 14.6 Å². The highest BCUT2D eigenvalue weighted by Gasteiger charge is 2.36. The molecule has 1 aliphatic rings. The Morgan fingerprint density at radius 1 is 1.36 bits per heavy atom. The van der Waals surface area contributed by atoms with E-state index in [0.717, 1.165) is 22.7 Å². The van der Waals surface area contributed by atoms with E-state index in [1.54, 1.807) is 4.90 Å². The number of furan rings is 1. The number of hydrogen-bond acceptors (Lipinski definition) is 4. The van der Waals surface area contributed by atoms with Gasteiger partial charge in [0.05, 0.1) is 12.2 Å². The summed E-state index contributed by atoms with van der Waals surface area (Å²) < 4.78 is 7.36. The summed E-state index contributed by atoms with van der Waals surface area (Å²) in [6, 6.07) is 3.26. The van der Waals surface area contributed by atoms with Crippen LogP contribution >= 0.6 is 0 Å². The Bertz CT molecular complexity index is 805. The molecule has 0 saturated carbocycles. The van der Waals surface area contributed by atoms with Gasteiger partial charge in [0.1, 0.15) is 17.6 Å². The molecule has 1 atom stereocenters. The highest BCUT2D eigenvalue weighted by molar-refractivity contribution is 5.90. The van der Waals surface area contributed by atoms with Gasteiger partial charge in [-0.15, -0.1) is 0 Å². The summed E-state index contributed by atoms with van der Waals surface area (Å²) in [5, 5.41) is 7.32. The predicted molar refractivity (Wildman–Crippen MR) is 91.5 cm³/mol. The first-order chi connectivity index (χ1) is 11.9. The van der Waals surface area contributed by atoms with E-state index in [2.05, 4.69) is 10.4 Å². The van der Waals surface area contributed by atoms with Gasteiger partial charge in [-0.25, -0.2) is 0 Å². The minimum atomic E-state index is -0.449. The number of nitrogens with one attached hydrogen (secondary N) is 1. The van der Waals surface area contributed by atoms with Crippen LogP contribution in [0.3, 0.4) is 0 Å². The fourth-order valence-electron chi connectivity index (χ4n) is 3.31. The average molecular weight is 344 g/mol. The standard InChI is InChI=1S/C18H24N4O3/c1-11-5-6-14(25-11)10-22-16(7-8-17(22)23)18(24)19-9-15-12(2)20-21(4)13(15)3/h5-6,16H,7-10H2,1-4H3,(H,19,24)/t16-/m0/s1. The molecule has 1 saturated heterocycles. The smallest absolute Gasteiger partial charge is 0.243 e. The van der Waals surface area contributed by atoms with Gasteiger partial charge in [-0.05, 0) is 39.3 Å². The van der Waals surface area contributed by atoms with Crippen molar-refractivity contribution in [3.05, 3.63) is 40.6 Å². The van der Waals surface area contributed by atoms with Gasteiger partial charge in [-0.3, -0.25) is 14.3 Å². The topological polar surface area (TPSA) is 80.4 Å². The summed E-state index contributed by atoms with van der Waals surface area (Å²) in [6.07, 6.45) is 0.929. The van der Waals surface area contributed by atoms with Crippen LogP contribution in [0.1, 0.15) is 41.3 Å². The normalized spacial score (nSPS) is 17.4. The van der Waals surface area contributed by atoms with Crippen LogP contribution in [0, 0.1) is 20.8 Å². The maximum atomic E-state index is 12.6. The molecule has 3 rings (SSSR count). The van der Waals surface area contributed by atoms with Crippen LogP contribution in [0.15, 0.2) is 16.5 Å². The van der Waals surface area contributed by atoms with Crippen molar-refractivity contribution in [3.63, 3.8) is 0 Å². The summed E-state index contributed by atoms with van der Waals surface area (Å²) in [6.45, 7) is 6.52. The number of carbonyl (C=O) groups is 2. The van der Waals surface area contributed by atoms with Crippen molar-refractivity contribution < 1.29 is 14.0 Å². The Balaban J connectivity index is 1.66. The quantitative estimate of drug-likeness (QED) is 0.896. The molecule has 0 aliphatic carbocycles. The van der Waals surface area contributed by atoms with Crippen LogP contribution in [0.5, 0.6) is 0 Å². The second-order valence-electron chi connectivity index (χ2n) is 6.58. The third-order valence-electron chi connectivity index (χ3n) is 4.85. The van der Waals surface area contributed by atoms with Crippen LogP contribution in [0.2, 0.25) is 0 Å². The van der Waals surface area contributed by atoms with Gasteiger partial charge >= 0.3 is 0 Å². The first-order valence-electron chi connectivity index (χ1n) is 8.48. The van der Waals surface area contributed by atoms with E-state index in [-0.39, 0.29) is 11.8 Å². The Kier molecular flexibility index (Phi) is 4.65. The molecule has 7 nitrogen and oxygen atoms in total.